The Labute approximate surface area is 555 Å². The van der Waals surface area contributed by atoms with Crippen LogP contribution in [0.5, 0.6) is 0 Å². The van der Waals surface area contributed by atoms with E-state index in [-0.39, 0.29) is 66.9 Å². The molecule has 0 aliphatic carbocycles. The van der Waals surface area contributed by atoms with Crippen LogP contribution in [0.25, 0.3) is 0 Å². The number of aliphatic hydroxyl groups excluding tert-OH is 2. The Morgan fingerprint density at radius 1 is 0.767 bits per heavy atom. The highest BCUT2D eigenvalue weighted by Crippen LogP contribution is 2.15. The summed E-state index contributed by atoms with van der Waals surface area (Å²) in [6.45, 7) is 8.86. The van der Waals surface area contributed by atoms with Gasteiger partial charge in [-0.1, -0.05) is 48.8 Å². The zero-order chi connectivity index (χ0) is 69.8. The first-order chi connectivity index (χ1) is 42.1. The number of nitrogens with two attached hydrogens (primary N) is 4. The Kier molecular flexibility index (Phi) is 55.7. The smallest absolute Gasteiger partial charge is 0.435 e. The van der Waals surface area contributed by atoms with Crippen molar-refractivity contribution >= 4 is 153 Å². The van der Waals surface area contributed by atoms with Gasteiger partial charge in [-0.25, -0.2) is 41.5 Å². The minimum absolute atomic E-state index is 0.0173. The van der Waals surface area contributed by atoms with Crippen molar-refractivity contribution in [3.05, 3.63) is 50.3 Å². The summed E-state index contributed by atoms with van der Waals surface area (Å²) in [5, 5.41) is 77.9. The van der Waals surface area contributed by atoms with Gasteiger partial charge in [0.1, 0.15) is 41.5 Å². The van der Waals surface area contributed by atoms with E-state index in [0.717, 1.165) is 65.6 Å². The van der Waals surface area contributed by atoms with E-state index in [0.29, 0.717) is 25.9 Å². The second-order valence-corrected chi connectivity index (χ2v) is 23.8. The van der Waals surface area contributed by atoms with Gasteiger partial charge in [-0.2, -0.15) is 0 Å². The molecule has 90 heavy (non-hydrogen) atoms. The van der Waals surface area contributed by atoms with Gasteiger partial charge in [-0.3, -0.25) is 34.2 Å². The molecule has 0 aliphatic heterocycles. The average Bonchev–Trinajstić information content (AvgIpc) is 2.17. The molecule has 4 amide bonds. The fourth-order valence-electron chi connectivity index (χ4n) is 5.58. The summed E-state index contributed by atoms with van der Waals surface area (Å²) in [6, 6.07) is 4.43. The number of thiocarbonyl (C=S) groups is 2. The molecular weight excluding hydrogens is 1430 g/mol. The van der Waals surface area contributed by atoms with E-state index in [1.54, 1.807) is 0 Å². The van der Waals surface area contributed by atoms with Gasteiger partial charge in [0, 0.05) is 79.9 Å². The lowest BCUT2D eigenvalue weighted by atomic mass is 10.1. The first kappa shape index (κ1) is 90.9. The first-order valence-corrected chi connectivity index (χ1v) is 33.2. The number of amides is 4. The molecule has 25 N–H and O–H groups in total. The van der Waals surface area contributed by atoms with Crippen LogP contribution in [0, 0.1) is 13.7 Å². The minimum atomic E-state index is -3.47. The number of alkyl halides is 2. The van der Waals surface area contributed by atoms with Crippen LogP contribution in [0.2, 0.25) is 0 Å². The maximum Gasteiger partial charge on any atom is 0.435 e. The van der Waals surface area contributed by atoms with Crippen molar-refractivity contribution in [2.45, 2.75) is 57.0 Å². The number of imidazole rings is 1. The van der Waals surface area contributed by atoms with Crippen LogP contribution in [0.3, 0.4) is 0 Å². The van der Waals surface area contributed by atoms with E-state index in [1.807, 2.05) is 36.6 Å². The molecular formula is C46H86Cl2IN19O18S4. The van der Waals surface area contributed by atoms with Crippen LogP contribution < -0.4 is 85.8 Å². The minimum Gasteiger partial charge on any atom is -0.480 e. The van der Waals surface area contributed by atoms with Crippen LogP contribution in [-0.4, -0.2) is 255 Å². The Morgan fingerprint density at radius 2 is 1.26 bits per heavy atom. The number of benzene rings is 1. The number of carboxylic acids is 3. The number of rotatable bonds is 37. The summed E-state index contributed by atoms with van der Waals surface area (Å²) in [5.41, 5.74) is 18.6. The van der Waals surface area contributed by atoms with Crippen LogP contribution >= 0.6 is 70.2 Å². The summed E-state index contributed by atoms with van der Waals surface area (Å²) >= 11 is 22.7. The molecule has 0 bridgehead atoms. The Hall–Kier alpha value is -5.53. The lowest BCUT2D eigenvalue weighted by molar-refractivity contribution is -0.397. The number of anilines is 1. The van der Waals surface area contributed by atoms with Crippen LogP contribution in [0.15, 0.2) is 36.7 Å². The molecule has 518 valence electrons. The Bertz CT molecular complexity index is 2610. The zero-order valence-electron chi connectivity index (χ0n) is 49.7. The van der Waals surface area contributed by atoms with Crippen LogP contribution in [0.1, 0.15) is 32.7 Å². The number of nitro groups is 1. The standard InChI is InChI=1S/C9H14N4O5.C9H17N3O4.C8H10IN3O.C8H23N5.C6H14Cl2N2O4S2.C6H8N2O4S2/c1-6(8(16)11-4-7(15)5-14)12-3-2-10-9(12)13(17)18;1-2-3-6(9(15)16)12-8(14)5-11-7(13)4-10;9-6-2-1-3-7(4-6)11-5-8(13)12-10;9-1-3-11-5-7-13-8-6-12-4-2-10;1-15(11,12)9-5(3-7)6(4-8)10-16(2,13)14;9-3(10)1-7-5(13)6(14)8-2-4(11)12/h2-3,6-7,14-15H,4-5H2,1H3,(H,11,16);6H,2-5,10H2,1H3,(H,11,13)(H,12,14)(H,15,16);1-4,11H,5,10H2,(H,12,13);11-13H,1-10H2;5-6,9-10H,3-4H2,1-2H3;1-2H2,(H,7,13)(H,8,14)(H,9,10)(H,11,12). The maximum absolute atomic E-state index is 11.7. The molecule has 1 aromatic carbocycles. The number of aliphatic carboxylic acids is 3. The molecule has 1 aromatic heterocycles. The van der Waals surface area contributed by atoms with Gasteiger partial charge in [0.05, 0.1) is 56.9 Å². The third-order valence-corrected chi connectivity index (χ3v) is 13.4. The summed E-state index contributed by atoms with van der Waals surface area (Å²) in [7, 11) is -6.95. The summed E-state index contributed by atoms with van der Waals surface area (Å²) in [5.74, 6) is -0.667. The molecule has 0 saturated carbocycles. The normalized spacial score (nSPS) is 12.1. The molecule has 0 saturated heterocycles. The van der Waals surface area contributed by atoms with E-state index >= 15 is 0 Å². The van der Waals surface area contributed by atoms with Gasteiger partial charge in [0.2, 0.25) is 31.9 Å². The monoisotopic (exact) mass is 1520 g/mol. The lowest BCUT2D eigenvalue weighted by Gasteiger charge is -2.23. The second kappa shape index (κ2) is 55.1. The van der Waals surface area contributed by atoms with Crippen molar-refractivity contribution in [2.75, 3.05) is 128 Å². The van der Waals surface area contributed by atoms with E-state index in [2.05, 4.69) is 109 Å². The van der Waals surface area contributed by atoms with Crippen molar-refractivity contribution in [1.82, 2.24) is 67.0 Å². The molecule has 0 fully saturated rings. The Balaban J connectivity index is -0.000000495. The summed E-state index contributed by atoms with van der Waals surface area (Å²) in [4.78, 5) is 88.8. The number of carbonyl (C=O) groups excluding carboxylic acids is 4. The molecule has 5 atom stereocenters. The van der Waals surface area contributed by atoms with Gasteiger partial charge in [-0.05, 0) is 59.1 Å². The van der Waals surface area contributed by atoms with E-state index < -0.39 is 103 Å². The third kappa shape index (κ3) is 54.2. The van der Waals surface area contributed by atoms with Crippen molar-refractivity contribution in [3.8, 4) is 0 Å². The van der Waals surface area contributed by atoms with E-state index in [1.165, 1.54) is 19.3 Å². The number of hydrogen-bond donors (Lipinski definition) is 21. The number of hydrazine groups is 1. The highest BCUT2D eigenvalue weighted by Gasteiger charge is 2.27. The highest BCUT2D eigenvalue weighted by atomic mass is 127. The molecule has 5 unspecified atom stereocenters. The molecule has 0 spiro atoms. The third-order valence-electron chi connectivity index (χ3n) is 9.77. The second-order valence-electron chi connectivity index (χ2n) is 17.6. The Morgan fingerprint density at radius 3 is 1.63 bits per heavy atom. The average molecular weight is 1520 g/mol. The predicted molar refractivity (Wildman–Crippen MR) is 354 cm³/mol. The molecule has 37 nitrogen and oxygen atoms in total. The van der Waals surface area contributed by atoms with Gasteiger partial charge in [0.15, 0.2) is 6.04 Å². The molecule has 0 aliphatic rings. The maximum atomic E-state index is 11.7. The largest absolute Gasteiger partial charge is 0.480 e. The van der Waals surface area contributed by atoms with Crippen molar-refractivity contribution in [1.29, 1.82) is 0 Å². The fraction of sp³-hybridized carbons (Fsp3) is 0.609. The SMILES string of the molecule is CC(C(=O)NCC(O)CO)n1ccnc1[N+](=O)[O-].CCCC(NC(=O)CNC(=O)CN)C(=O)O.CS(=O)(=O)NC(CCl)C(CCl)NS(C)(=O)=O.NCCNCCNCCNCCN.NNC(=O)CNc1cccc(I)c1.O=C(O)CNC(=S)C(=S)NCC(=O)O. The number of aliphatic hydroxyl groups is 2. The van der Waals surface area contributed by atoms with Crippen molar-refractivity contribution < 1.29 is 80.9 Å². The number of sulfonamides is 2. The van der Waals surface area contributed by atoms with E-state index in [9.17, 15) is 60.5 Å². The van der Waals surface area contributed by atoms with Crippen LogP contribution in [0.4, 0.5) is 11.6 Å². The van der Waals surface area contributed by atoms with Gasteiger partial charge in [-0.15, -0.1) is 23.2 Å². The van der Waals surface area contributed by atoms with Crippen molar-refractivity contribution in [3.63, 3.8) is 0 Å². The number of carbonyl (C=O) groups is 7. The summed E-state index contributed by atoms with van der Waals surface area (Å²) in [6.07, 6.45) is 4.41. The zero-order valence-corrected chi connectivity index (χ0v) is 56.7. The molecule has 0 radical (unpaired) electrons. The number of halogens is 3. The number of nitrogens with one attached hydrogen (secondary N) is 12. The molecule has 1 heterocycles. The van der Waals surface area contributed by atoms with Gasteiger partial charge < -0.3 is 101 Å². The highest BCUT2D eigenvalue weighted by molar-refractivity contribution is 14.1. The number of hydrogen-bond acceptors (Lipinski definition) is 26. The van der Waals surface area contributed by atoms with Crippen LogP contribution in [-0.2, 0) is 53.6 Å². The van der Waals surface area contributed by atoms with Crippen molar-refractivity contribution in [2.24, 2.45) is 23.0 Å². The van der Waals surface area contributed by atoms with E-state index in [4.69, 9.17) is 71.8 Å². The van der Waals surface area contributed by atoms with Gasteiger partial charge in [0.25, 0.3) is 11.8 Å². The molecule has 44 heteroatoms. The molecule has 2 aromatic rings. The number of carboxylic acid groups (broad SMARTS) is 3. The predicted octanol–water partition coefficient (Wildman–Crippen LogP) is -6.09. The van der Waals surface area contributed by atoms with Gasteiger partial charge >= 0.3 is 23.9 Å². The first-order valence-electron chi connectivity index (χ1n) is 26.4. The number of aromatic nitrogens is 2. The topological polar surface area (TPSA) is 598 Å². The quantitative estimate of drug-likeness (QED) is 0.00437. The molecule has 2 rings (SSSR count). The number of nitrogens with zero attached hydrogens (tertiary/aromatic N) is 3. The lowest BCUT2D eigenvalue weighted by Crippen LogP contribution is -2.53. The fourth-order valence-corrected chi connectivity index (χ4v) is 8.77. The summed E-state index contributed by atoms with van der Waals surface area (Å²) < 4.78 is 50.6.